The number of benzene rings is 1. The molecule has 1 aromatic rings. The average Bonchev–Trinajstić information content (AvgIpc) is 3.52. The molecule has 3 aliphatic rings. The molecular weight excluding hydrogens is 426 g/mol. The van der Waals surface area contributed by atoms with E-state index in [1.54, 1.807) is 23.1 Å². The highest BCUT2D eigenvalue weighted by Crippen LogP contribution is 2.31. The second kappa shape index (κ2) is 7.66. The molecule has 7 nitrogen and oxygen atoms in total. The zero-order valence-corrected chi connectivity index (χ0v) is 17.1. The van der Waals surface area contributed by atoms with E-state index >= 15 is 0 Å². The van der Waals surface area contributed by atoms with Crippen molar-refractivity contribution in [2.24, 2.45) is 5.92 Å². The number of carbonyl (C=O) groups is 4. The fourth-order valence-corrected chi connectivity index (χ4v) is 4.14. The first-order valence-corrected chi connectivity index (χ1v) is 10.5. The van der Waals surface area contributed by atoms with E-state index in [9.17, 15) is 19.2 Å². The molecule has 2 aliphatic heterocycles. The summed E-state index contributed by atoms with van der Waals surface area (Å²) in [4.78, 5) is 54.2. The Morgan fingerprint density at radius 1 is 0.964 bits per heavy atom. The highest BCUT2D eigenvalue weighted by atomic mass is 79.9. The molecule has 0 N–H and O–H groups in total. The first-order chi connectivity index (χ1) is 13.5. The number of hydrogen-bond donors (Lipinski definition) is 0. The van der Waals surface area contributed by atoms with Gasteiger partial charge < -0.3 is 9.80 Å². The Bertz CT molecular complexity index is 844. The van der Waals surface area contributed by atoms with E-state index in [2.05, 4.69) is 15.9 Å². The molecule has 1 saturated carbocycles. The van der Waals surface area contributed by atoms with E-state index in [1.165, 1.54) is 4.90 Å². The molecule has 0 bridgehead atoms. The van der Waals surface area contributed by atoms with Crippen molar-refractivity contribution < 1.29 is 19.2 Å². The van der Waals surface area contributed by atoms with E-state index < -0.39 is 0 Å². The zero-order valence-electron chi connectivity index (χ0n) is 15.5. The summed E-state index contributed by atoms with van der Waals surface area (Å²) >= 11 is 3.32. The molecule has 4 rings (SSSR count). The normalized spacial score (nSPS) is 19.2. The lowest BCUT2D eigenvalue weighted by Crippen LogP contribution is -2.51. The van der Waals surface area contributed by atoms with Crippen molar-refractivity contribution in [3.8, 4) is 0 Å². The lowest BCUT2D eigenvalue weighted by Gasteiger charge is -2.35. The van der Waals surface area contributed by atoms with Crippen LogP contribution >= 0.6 is 15.9 Å². The van der Waals surface area contributed by atoms with Crippen molar-refractivity contribution in [3.63, 3.8) is 0 Å². The lowest BCUT2D eigenvalue weighted by atomic mass is 10.1. The van der Waals surface area contributed by atoms with Crippen LogP contribution < -0.4 is 0 Å². The Balaban J connectivity index is 1.24. The number of amides is 4. The highest BCUT2D eigenvalue weighted by Gasteiger charge is 2.36. The Hall–Kier alpha value is -2.22. The van der Waals surface area contributed by atoms with Gasteiger partial charge in [0.15, 0.2) is 0 Å². The first-order valence-electron chi connectivity index (χ1n) is 9.68. The van der Waals surface area contributed by atoms with Crippen LogP contribution in [0.15, 0.2) is 22.7 Å². The third-order valence-corrected chi connectivity index (χ3v) is 6.07. The molecule has 1 saturated heterocycles. The van der Waals surface area contributed by atoms with Crippen LogP contribution in [0.3, 0.4) is 0 Å². The molecule has 0 atom stereocenters. The van der Waals surface area contributed by atoms with Gasteiger partial charge in [-0.15, -0.1) is 0 Å². The van der Waals surface area contributed by atoms with E-state index in [0.29, 0.717) is 43.7 Å². The number of hydrogen-bond acceptors (Lipinski definition) is 4. The van der Waals surface area contributed by atoms with Crippen molar-refractivity contribution in [1.82, 2.24) is 14.7 Å². The summed E-state index contributed by atoms with van der Waals surface area (Å²) in [7, 11) is 0. The summed E-state index contributed by atoms with van der Waals surface area (Å²) in [6.45, 7) is 2.52. The Labute approximate surface area is 171 Å². The van der Waals surface area contributed by atoms with Gasteiger partial charge in [0.1, 0.15) is 0 Å². The maximum absolute atomic E-state index is 12.4. The number of fused-ring (bicyclic) bond motifs is 1. The number of carbonyl (C=O) groups excluding carboxylic acids is 4. The Morgan fingerprint density at radius 2 is 1.61 bits per heavy atom. The van der Waals surface area contributed by atoms with Crippen LogP contribution in [0.25, 0.3) is 0 Å². The SMILES string of the molecule is O=C(CCCN1C(=O)c2ccc(Br)cc2C1=O)N1CCN(C(=O)C2CC2)CC1. The Kier molecular flexibility index (Phi) is 5.23. The summed E-state index contributed by atoms with van der Waals surface area (Å²) in [5, 5.41) is 0. The first kappa shape index (κ1) is 19.1. The van der Waals surface area contributed by atoms with E-state index in [0.717, 1.165) is 17.3 Å². The van der Waals surface area contributed by atoms with Gasteiger partial charge in [-0.25, -0.2) is 0 Å². The zero-order chi connectivity index (χ0) is 19.8. The summed E-state index contributed by atoms with van der Waals surface area (Å²) in [6, 6.07) is 5.04. The fraction of sp³-hybridized carbons (Fsp3) is 0.500. The van der Waals surface area contributed by atoms with Gasteiger partial charge in [0.05, 0.1) is 11.1 Å². The van der Waals surface area contributed by atoms with E-state index in [1.807, 2.05) is 4.90 Å². The molecule has 148 valence electrons. The van der Waals surface area contributed by atoms with Crippen LogP contribution in [0.5, 0.6) is 0 Å². The maximum Gasteiger partial charge on any atom is 0.261 e. The molecule has 1 aliphatic carbocycles. The predicted octanol–water partition coefficient (Wildman–Crippen LogP) is 1.91. The monoisotopic (exact) mass is 447 g/mol. The fourth-order valence-electron chi connectivity index (χ4n) is 3.78. The number of imide groups is 1. The summed E-state index contributed by atoms with van der Waals surface area (Å²) < 4.78 is 0.753. The van der Waals surface area contributed by atoms with Gasteiger partial charge in [0.25, 0.3) is 11.8 Å². The van der Waals surface area contributed by atoms with Crippen LogP contribution in [0.2, 0.25) is 0 Å². The van der Waals surface area contributed by atoms with E-state index in [4.69, 9.17) is 0 Å². The lowest BCUT2D eigenvalue weighted by molar-refractivity contribution is -0.140. The third-order valence-electron chi connectivity index (χ3n) is 5.58. The summed E-state index contributed by atoms with van der Waals surface area (Å²) in [5.41, 5.74) is 0.818. The molecule has 0 spiro atoms. The summed E-state index contributed by atoms with van der Waals surface area (Å²) in [5.74, 6) is -0.155. The average molecular weight is 448 g/mol. The number of nitrogens with zero attached hydrogens (tertiary/aromatic N) is 3. The molecule has 2 fully saturated rings. The van der Waals surface area contributed by atoms with Crippen molar-refractivity contribution in [1.29, 1.82) is 0 Å². The minimum Gasteiger partial charge on any atom is -0.339 e. The van der Waals surface area contributed by atoms with Gasteiger partial charge in [-0.05, 0) is 37.5 Å². The molecule has 8 heteroatoms. The molecule has 4 amide bonds. The van der Waals surface area contributed by atoms with Crippen molar-refractivity contribution in [3.05, 3.63) is 33.8 Å². The molecule has 28 heavy (non-hydrogen) atoms. The smallest absolute Gasteiger partial charge is 0.261 e. The van der Waals surface area contributed by atoms with Gasteiger partial charge in [0, 0.05) is 49.5 Å². The van der Waals surface area contributed by atoms with Gasteiger partial charge in [0.2, 0.25) is 11.8 Å². The standard InChI is InChI=1S/C20H22BrN3O4/c21-14-5-6-15-16(12-14)20(28)24(19(15)27)7-1-2-17(25)22-8-10-23(11-9-22)18(26)13-3-4-13/h5-6,12-13H,1-4,7-11H2. The van der Waals surface area contributed by atoms with Crippen LogP contribution in [0, 0.1) is 5.92 Å². The van der Waals surface area contributed by atoms with Crippen LogP contribution in [-0.4, -0.2) is 71.1 Å². The largest absolute Gasteiger partial charge is 0.339 e. The van der Waals surface area contributed by atoms with Crippen molar-refractivity contribution >= 4 is 39.6 Å². The number of piperazine rings is 1. The van der Waals surface area contributed by atoms with Crippen LogP contribution in [0.4, 0.5) is 0 Å². The Morgan fingerprint density at radius 3 is 2.29 bits per heavy atom. The molecule has 0 unspecified atom stereocenters. The van der Waals surface area contributed by atoms with Gasteiger partial charge in [-0.3, -0.25) is 24.1 Å². The third kappa shape index (κ3) is 3.70. The molecule has 2 heterocycles. The molecule has 0 aromatic heterocycles. The number of halogens is 1. The van der Waals surface area contributed by atoms with Crippen molar-refractivity contribution in [2.45, 2.75) is 25.7 Å². The van der Waals surface area contributed by atoms with Gasteiger partial charge in [-0.1, -0.05) is 15.9 Å². The highest BCUT2D eigenvalue weighted by molar-refractivity contribution is 9.10. The van der Waals surface area contributed by atoms with Crippen LogP contribution in [-0.2, 0) is 9.59 Å². The second-order valence-corrected chi connectivity index (χ2v) is 8.45. The second-order valence-electron chi connectivity index (χ2n) is 7.54. The van der Waals surface area contributed by atoms with Gasteiger partial charge in [-0.2, -0.15) is 0 Å². The number of rotatable bonds is 5. The quantitative estimate of drug-likeness (QED) is 0.645. The topological polar surface area (TPSA) is 78.0 Å². The van der Waals surface area contributed by atoms with Gasteiger partial charge >= 0.3 is 0 Å². The molecule has 0 radical (unpaired) electrons. The minimum atomic E-state index is -0.305. The minimum absolute atomic E-state index is 0.0119. The van der Waals surface area contributed by atoms with Crippen LogP contribution in [0.1, 0.15) is 46.4 Å². The summed E-state index contributed by atoms with van der Waals surface area (Å²) in [6.07, 6.45) is 2.71. The molecule has 1 aromatic carbocycles. The maximum atomic E-state index is 12.4. The van der Waals surface area contributed by atoms with E-state index in [-0.39, 0.29) is 42.5 Å². The predicted molar refractivity (Wildman–Crippen MR) is 105 cm³/mol. The molecular formula is C20H22BrN3O4. The van der Waals surface area contributed by atoms with Crippen molar-refractivity contribution in [2.75, 3.05) is 32.7 Å².